The molecule has 1 aromatic carbocycles. The number of aromatic nitrogens is 2. The van der Waals surface area contributed by atoms with Crippen molar-refractivity contribution in [3.05, 3.63) is 54.6 Å². The second-order valence-electron chi connectivity index (χ2n) is 6.16. The quantitative estimate of drug-likeness (QED) is 0.770. The number of piperidine rings is 1. The van der Waals surface area contributed by atoms with Crippen LogP contribution in [0.4, 0.5) is 14.9 Å². The number of carbonyl (C=O) groups is 1. The van der Waals surface area contributed by atoms with Crippen LogP contribution >= 0.6 is 0 Å². The number of hydrogen-bond acceptors (Lipinski definition) is 5. The molecule has 1 fully saturated rings. The third-order valence-corrected chi connectivity index (χ3v) is 4.44. The highest BCUT2D eigenvalue weighted by atomic mass is 19.1. The second-order valence-corrected chi connectivity index (χ2v) is 6.16. The summed E-state index contributed by atoms with van der Waals surface area (Å²) in [5.74, 6) is 0.807. The van der Waals surface area contributed by atoms with Crippen LogP contribution in [0.2, 0.25) is 0 Å². The van der Waals surface area contributed by atoms with E-state index in [0.29, 0.717) is 30.6 Å². The molecule has 0 radical (unpaired) electrons. The van der Waals surface area contributed by atoms with Crippen LogP contribution in [0.5, 0.6) is 0 Å². The number of anilines is 1. The molecule has 26 heavy (non-hydrogen) atoms. The molecule has 2 amide bonds. The lowest BCUT2D eigenvalue weighted by Gasteiger charge is -2.30. The van der Waals surface area contributed by atoms with Gasteiger partial charge in [-0.15, -0.1) is 10.2 Å². The molecule has 2 aromatic heterocycles. The van der Waals surface area contributed by atoms with Crippen molar-refractivity contribution in [3.8, 4) is 11.5 Å². The molecule has 3 aromatic rings. The second kappa shape index (κ2) is 6.99. The van der Waals surface area contributed by atoms with Crippen molar-refractivity contribution in [1.82, 2.24) is 15.1 Å². The van der Waals surface area contributed by atoms with Gasteiger partial charge in [0.1, 0.15) is 12.1 Å². The fourth-order valence-corrected chi connectivity index (χ4v) is 2.97. The highest BCUT2D eigenvalue weighted by molar-refractivity contribution is 5.89. The van der Waals surface area contributed by atoms with Crippen LogP contribution in [0.1, 0.15) is 24.7 Å². The van der Waals surface area contributed by atoms with Crippen molar-refractivity contribution in [2.24, 2.45) is 0 Å². The van der Waals surface area contributed by atoms with Gasteiger partial charge < -0.3 is 19.1 Å². The molecule has 0 atom stereocenters. The topological polar surface area (TPSA) is 84.4 Å². The van der Waals surface area contributed by atoms with E-state index in [-0.39, 0.29) is 17.8 Å². The van der Waals surface area contributed by atoms with Crippen molar-refractivity contribution < 1.29 is 18.0 Å². The van der Waals surface area contributed by atoms with E-state index in [1.165, 1.54) is 24.3 Å². The van der Waals surface area contributed by atoms with Gasteiger partial charge in [-0.05, 0) is 43.2 Å². The highest BCUT2D eigenvalue weighted by Crippen LogP contribution is 2.29. The normalized spacial score (nSPS) is 15.2. The lowest BCUT2D eigenvalue weighted by molar-refractivity contribution is 0.190. The Balaban J connectivity index is 1.33. The summed E-state index contributed by atoms with van der Waals surface area (Å²) in [5.41, 5.74) is 1.32. The number of nitrogens with zero attached hydrogens (tertiary/aromatic N) is 3. The van der Waals surface area contributed by atoms with Crippen LogP contribution < -0.4 is 5.32 Å². The Labute approximate surface area is 148 Å². The minimum Gasteiger partial charge on any atom is -0.472 e. The van der Waals surface area contributed by atoms with E-state index in [1.54, 1.807) is 23.5 Å². The number of halogens is 1. The molecule has 1 saturated heterocycles. The maximum absolute atomic E-state index is 12.9. The first-order chi connectivity index (χ1) is 12.7. The van der Waals surface area contributed by atoms with Gasteiger partial charge in [-0.3, -0.25) is 0 Å². The Morgan fingerprint density at radius 1 is 1.15 bits per heavy atom. The van der Waals surface area contributed by atoms with Crippen LogP contribution in [-0.4, -0.2) is 34.2 Å². The fraction of sp³-hybridized carbons (Fsp3) is 0.278. The molecule has 8 heteroatoms. The van der Waals surface area contributed by atoms with E-state index >= 15 is 0 Å². The van der Waals surface area contributed by atoms with Gasteiger partial charge >= 0.3 is 6.03 Å². The zero-order valence-corrected chi connectivity index (χ0v) is 13.9. The van der Waals surface area contributed by atoms with Crippen molar-refractivity contribution in [1.29, 1.82) is 0 Å². The number of rotatable bonds is 3. The van der Waals surface area contributed by atoms with Gasteiger partial charge in [0.05, 0.1) is 11.8 Å². The Hall–Kier alpha value is -3.16. The van der Waals surface area contributed by atoms with Crippen LogP contribution in [-0.2, 0) is 0 Å². The summed E-state index contributed by atoms with van der Waals surface area (Å²) in [7, 11) is 0. The summed E-state index contributed by atoms with van der Waals surface area (Å²) in [4.78, 5) is 14.0. The molecule has 1 aliphatic rings. The number of amides is 2. The smallest absolute Gasteiger partial charge is 0.321 e. The van der Waals surface area contributed by atoms with Crippen LogP contribution in [0.3, 0.4) is 0 Å². The predicted octanol–water partition coefficient (Wildman–Crippen LogP) is 3.88. The zero-order valence-electron chi connectivity index (χ0n) is 13.9. The number of carbonyl (C=O) groups excluding carboxylic acids is 1. The third-order valence-electron chi connectivity index (χ3n) is 4.44. The fourth-order valence-electron chi connectivity index (χ4n) is 2.97. The lowest BCUT2D eigenvalue weighted by atomic mass is 9.97. The average Bonchev–Trinajstić information content (AvgIpc) is 3.35. The van der Waals surface area contributed by atoms with Crippen LogP contribution in [0.25, 0.3) is 11.5 Å². The van der Waals surface area contributed by atoms with Crippen molar-refractivity contribution in [3.63, 3.8) is 0 Å². The Kier molecular flexibility index (Phi) is 4.39. The SMILES string of the molecule is O=C(Nc1ccc(F)cc1)N1CCC(c2nnc(-c3ccoc3)o2)CC1. The Bertz CT molecular complexity index is 868. The molecule has 0 aliphatic carbocycles. The number of nitrogens with one attached hydrogen (secondary N) is 1. The number of furan rings is 1. The maximum atomic E-state index is 12.9. The summed E-state index contributed by atoms with van der Waals surface area (Å²) in [6.07, 6.45) is 4.59. The Morgan fingerprint density at radius 2 is 1.92 bits per heavy atom. The number of benzene rings is 1. The average molecular weight is 356 g/mol. The molecule has 0 saturated carbocycles. The molecule has 0 unspecified atom stereocenters. The lowest BCUT2D eigenvalue weighted by Crippen LogP contribution is -2.40. The summed E-state index contributed by atoms with van der Waals surface area (Å²) in [5, 5.41) is 11.0. The molecule has 7 nitrogen and oxygen atoms in total. The largest absolute Gasteiger partial charge is 0.472 e. The van der Waals surface area contributed by atoms with E-state index in [4.69, 9.17) is 8.83 Å². The third kappa shape index (κ3) is 3.44. The number of likely N-dealkylation sites (tertiary alicyclic amines) is 1. The minimum atomic E-state index is -0.335. The number of urea groups is 1. The van der Waals surface area contributed by atoms with Gasteiger partial charge in [0.25, 0.3) is 5.89 Å². The summed E-state index contributed by atoms with van der Waals surface area (Å²) >= 11 is 0. The van der Waals surface area contributed by atoms with Gasteiger partial charge in [0.15, 0.2) is 0 Å². The standard InChI is InChI=1S/C18H17FN4O3/c19-14-1-3-15(4-2-14)20-18(24)23-8-5-12(6-9-23)16-21-22-17(26-16)13-7-10-25-11-13/h1-4,7,10-12H,5-6,8-9H2,(H,20,24). The van der Waals surface area contributed by atoms with Crippen LogP contribution in [0.15, 0.2) is 51.7 Å². The molecule has 0 spiro atoms. The van der Waals surface area contributed by atoms with E-state index in [1.807, 2.05) is 0 Å². The molecule has 134 valence electrons. The first-order valence-electron chi connectivity index (χ1n) is 8.36. The van der Waals surface area contributed by atoms with E-state index in [2.05, 4.69) is 15.5 Å². The van der Waals surface area contributed by atoms with Crippen LogP contribution in [0, 0.1) is 5.82 Å². The number of hydrogen-bond donors (Lipinski definition) is 1. The predicted molar refractivity (Wildman–Crippen MR) is 91.0 cm³/mol. The summed E-state index contributed by atoms with van der Waals surface area (Å²) in [6.45, 7) is 1.17. The molecule has 1 N–H and O–H groups in total. The molecule has 0 bridgehead atoms. The van der Waals surface area contributed by atoms with Gasteiger partial charge in [-0.1, -0.05) is 0 Å². The molecule has 3 heterocycles. The molecule has 1 aliphatic heterocycles. The van der Waals surface area contributed by atoms with E-state index < -0.39 is 0 Å². The first kappa shape index (κ1) is 16.3. The Morgan fingerprint density at radius 3 is 2.62 bits per heavy atom. The zero-order chi connectivity index (χ0) is 17.9. The van der Waals surface area contributed by atoms with E-state index in [0.717, 1.165) is 18.4 Å². The first-order valence-corrected chi connectivity index (χ1v) is 8.36. The highest BCUT2D eigenvalue weighted by Gasteiger charge is 2.27. The summed E-state index contributed by atoms with van der Waals surface area (Å²) < 4.78 is 23.7. The molecular formula is C18H17FN4O3. The maximum Gasteiger partial charge on any atom is 0.321 e. The minimum absolute atomic E-state index is 0.123. The van der Waals surface area contributed by atoms with Gasteiger partial charge in [0, 0.05) is 24.7 Å². The molecule has 4 rings (SSSR count). The molecular weight excluding hydrogens is 339 g/mol. The monoisotopic (exact) mass is 356 g/mol. The summed E-state index contributed by atoms with van der Waals surface area (Å²) in [6, 6.07) is 7.27. The van der Waals surface area contributed by atoms with Gasteiger partial charge in [-0.25, -0.2) is 9.18 Å². The van der Waals surface area contributed by atoms with Crippen molar-refractivity contribution >= 4 is 11.7 Å². The van der Waals surface area contributed by atoms with E-state index in [9.17, 15) is 9.18 Å². The van der Waals surface area contributed by atoms with Gasteiger partial charge in [-0.2, -0.15) is 0 Å². The van der Waals surface area contributed by atoms with Crippen molar-refractivity contribution in [2.45, 2.75) is 18.8 Å². The van der Waals surface area contributed by atoms with Gasteiger partial charge in [0.2, 0.25) is 5.89 Å². The van der Waals surface area contributed by atoms with Crippen molar-refractivity contribution in [2.75, 3.05) is 18.4 Å².